The Hall–Kier alpha value is -2.75. The van der Waals surface area contributed by atoms with Crippen molar-refractivity contribution in [1.29, 1.82) is 0 Å². The molecule has 1 N–H and O–H groups in total. The van der Waals surface area contributed by atoms with Gasteiger partial charge < -0.3 is 10.2 Å². The molecule has 0 radical (unpaired) electrons. The van der Waals surface area contributed by atoms with Gasteiger partial charge in [0.1, 0.15) is 11.5 Å². The molecule has 1 aromatic carbocycles. The molecule has 1 aliphatic rings. The van der Waals surface area contributed by atoms with Crippen LogP contribution in [0.15, 0.2) is 60.8 Å². The predicted octanol–water partition coefficient (Wildman–Crippen LogP) is 4.97. The molecule has 2 heterocycles. The normalized spacial score (nSPS) is 17.0. The monoisotopic (exact) mass is 332 g/mol. The molecule has 0 bridgehead atoms. The summed E-state index contributed by atoms with van der Waals surface area (Å²) in [6, 6.07) is 14.7. The summed E-state index contributed by atoms with van der Waals surface area (Å²) in [4.78, 5) is 7.05. The molecule has 2 aromatic heterocycles. The van der Waals surface area contributed by atoms with Crippen LogP contribution in [0.25, 0.3) is 5.65 Å². The molecule has 0 spiro atoms. The molecule has 1 aliphatic carbocycles. The van der Waals surface area contributed by atoms with Gasteiger partial charge >= 0.3 is 0 Å². The maximum absolute atomic E-state index is 4.94. The van der Waals surface area contributed by atoms with Crippen molar-refractivity contribution >= 4 is 22.8 Å². The molecular formula is C21H24N4. The quantitative estimate of drug-likeness (QED) is 0.685. The second-order valence-electron chi connectivity index (χ2n) is 6.82. The molecule has 0 fully saturated rings. The van der Waals surface area contributed by atoms with E-state index >= 15 is 0 Å². The number of hydrogen-bond donors (Lipinski definition) is 1. The van der Waals surface area contributed by atoms with Crippen molar-refractivity contribution < 1.29 is 0 Å². The van der Waals surface area contributed by atoms with Crippen molar-refractivity contribution in [3.8, 4) is 0 Å². The van der Waals surface area contributed by atoms with Crippen LogP contribution in [0, 0.1) is 0 Å². The smallest absolute Gasteiger partial charge is 0.138 e. The van der Waals surface area contributed by atoms with Gasteiger partial charge in [-0.25, -0.2) is 4.98 Å². The molecule has 0 saturated heterocycles. The number of nitrogens with one attached hydrogen (secondary N) is 1. The number of allylic oxidation sites excluding steroid dienone is 2. The lowest BCUT2D eigenvalue weighted by Gasteiger charge is -2.18. The first-order valence-electron chi connectivity index (χ1n) is 8.89. The van der Waals surface area contributed by atoms with E-state index in [-0.39, 0.29) is 0 Å². The van der Waals surface area contributed by atoms with Gasteiger partial charge in [0, 0.05) is 37.6 Å². The summed E-state index contributed by atoms with van der Waals surface area (Å²) < 4.78 is 2.16. The van der Waals surface area contributed by atoms with Gasteiger partial charge in [0.25, 0.3) is 0 Å². The Labute approximate surface area is 148 Å². The molecule has 0 aliphatic heterocycles. The van der Waals surface area contributed by atoms with Crippen molar-refractivity contribution in [1.82, 2.24) is 9.38 Å². The Morgan fingerprint density at radius 3 is 2.64 bits per heavy atom. The van der Waals surface area contributed by atoms with Crippen LogP contribution >= 0.6 is 0 Å². The number of hydrogen-bond acceptors (Lipinski definition) is 3. The summed E-state index contributed by atoms with van der Waals surface area (Å²) in [5.74, 6) is 1.57. The van der Waals surface area contributed by atoms with E-state index in [0.29, 0.717) is 5.92 Å². The Balaban J connectivity index is 1.72. The number of rotatable bonds is 4. The molecule has 25 heavy (non-hydrogen) atoms. The van der Waals surface area contributed by atoms with Gasteiger partial charge in [-0.2, -0.15) is 0 Å². The van der Waals surface area contributed by atoms with Gasteiger partial charge in [0.05, 0.1) is 5.69 Å². The van der Waals surface area contributed by atoms with E-state index < -0.39 is 0 Å². The van der Waals surface area contributed by atoms with E-state index in [1.165, 1.54) is 11.4 Å². The lowest BCUT2D eigenvalue weighted by Crippen LogP contribution is -2.08. The summed E-state index contributed by atoms with van der Waals surface area (Å²) in [6.45, 7) is 0. The summed E-state index contributed by atoms with van der Waals surface area (Å²) in [7, 11) is 4.11. The first kappa shape index (κ1) is 15.8. The fraction of sp³-hybridized carbons (Fsp3) is 0.286. The number of aromatic nitrogens is 2. The third-order valence-corrected chi connectivity index (χ3v) is 4.86. The Morgan fingerprint density at radius 2 is 1.92 bits per heavy atom. The van der Waals surface area contributed by atoms with E-state index in [1.54, 1.807) is 0 Å². The summed E-state index contributed by atoms with van der Waals surface area (Å²) in [6.07, 6.45) is 10.0. The van der Waals surface area contributed by atoms with Gasteiger partial charge in [0.15, 0.2) is 0 Å². The highest BCUT2D eigenvalue weighted by Crippen LogP contribution is 2.35. The standard InChI is InChI=1S/C21H24N4/c1-24(2)18-13-11-17(12-14-18)22-21-20(16-8-4-3-5-9-16)23-19-10-6-7-15-25(19)21/h3-4,6-7,10-16,22H,5,8-9H2,1-2H3. The number of fused-ring (bicyclic) bond motifs is 1. The molecule has 1 unspecified atom stereocenters. The predicted molar refractivity (Wildman–Crippen MR) is 105 cm³/mol. The minimum atomic E-state index is 0.480. The van der Waals surface area contributed by atoms with Crippen LogP contribution in [0.3, 0.4) is 0 Å². The summed E-state index contributed by atoms with van der Waals surface area (Å²) in [5, 5.41) is 3.62. The first-order chi connectivity index (χ1) is 12.2. The van der Waals surface area contributed by atoms with Gasteiger partial charge in [-0.1, -0.05) is 18.2 Å². The third kappa shape index (κ3) is 3.12. The minimum Gasteiger partial charge on any atom is -0.378 e. The Morgan fingerprint density at radius 1 is 1.08 bits per heavy atom. The van der Waals surface area contributed by atoms with E-state index in [4.69, 9.17) is 4.98 Å². The van der Waals surface area contributed by atoms with Crippen molar-refractivity contribution in [2.75, 3.05) is 24.3 Å². The zero-order valence-corrected chi connectivity index (χ0v) is 14.8. The number of pyridine rings is 1. The maximum atomic E-state index is 4.94. The second kappa shape index (κ2) is 6.63. The largest absolute Gasteiger partial charge is 0.378 e. The number of anilines is 3. The molecule has 4 heteroatoms. The minimum absolute atomic E-state index is 0.480. The van der Waals surface area contributed by atoms with Crippen molar-refractivity contribution in [2.45, 2.75) is 25.2 Å². The van der Waals surface area contributed by atoms with Gasteiger partial charge in [-0.15, -0.1) is 0 Å². The second-order valence-corrected chi connectivity index (χ2v) is 6.82. The highest BCUT2D eigenvalue weighted by Gasteiger charge is 2.21. The van der Waals surface area contributed by atoms with Crippen LogP contribution in [0.1, 0.15) is 30.9 Å². The van der Waals surface area contributed by atoms with Crippen LogP contribution in [-0.4, -0.2) is 23.5 Å². The van der Waals surface area contributed by atoms with Gasteiger partial charge in [0.2, 0.25) is 0 Å². The molecule has 128 valence electrons. The fourth-order valence-electron chi connectivity index (χ4n) is 3.44. The Kier molecular flexibility index (Phi) is 4.18. The molecule has 0 saturated carbocycles. The van der Waals surface area contributed by atoms with Gasteiger partial charge in [-0.3, -0.25) is 4.40 Å². The average molecular weight is 332 g/mol. The summed E-state index contributed by atoms with van der Waals surface area (Å²) in [5.41, 5.74) is 4.46. The van der Waals surface area contributed by atoms with Crippen LogP contribution in [-0.2, 0) is 0 Å². The molecular weight excluding hydrogens is 308 g/mol. The molecule has 4 rings (SSSR count). The zero-order valence-electron chi connectivity index (χ0n) is 14.8. The van der Waals surface area contributed by atoms with Crippen LogP contribution in [0.5, 0.6) is 0 Å². The number of imidazole rings is 1. The van der Waals surface area contributed by atoms with E-state index in [2.05, 4.69) is 83.5 Å². The van der Waals surface area contributed by atoms with E-state index in [0.717, 1.165) is 36.4 Å². The van der Waals surface area contributed by atoms with E-state index in [9.17, 15) is 0 Å². The highest BCUT2D eigenvalue weighted by atomic mass is 15.1. The van der Waals surface area contributed by atoms with Crippen LogP contribution < -0.4 is 10.2 Å². The third-order valence-electron chi connectivity index (χ3n) is 4.86. The molecule has 3 aromatic rings. The number of nitrogens with zero attached hydrogens (tertiary/aromatic N) is 3. The zero-order chi connectivity index (χ0) is 17.2. The molecule has 0 amide bonds. The Bertz CT molecular complexity index is 890. The lowest BCUT2D eigenvalue weighted by atomic mass is 9.91. The molecule has 1 atom stereocenters. The topological polar surface area (TPSA) is 32.6 Å². The van der Waals surface area contributed by atoms with Crippen LogP contribution in [0.4, 0.5) is 17.2 Å². The number of benzene rings is 1. The fourth-order valence-corrected chi connectivity index (χ4v) is 3.44. The van der Waals surface area contributed by atoms with Gasteiger partial charge in [-0.05, 0) is 55.7 Å². The summed E-state index contributed by atoms with van der Waals surface area (Å²) >= 11 is 0. The first-order valence-corrected chi connectivity index (χ1v) is 8.89. The molecule has 4 nitrogen and oxygen atoms in total. The van der Waals surface area contributed by atoms with Crippen LogP contribution in [0.2, 0.25) is 0 Å². The highest BCUT2D eigenvalue weighted by molar-refractivity contribution is 5.66. The van der Waals surface area contributed by atoms with Crippen molar-refractivity contribution in [2.24, 2.45) is 0 Å². The van der Waals surface area contributed by atoms with Crippen molar-refractivity contribution in [3.05, 3.63) is 66.5 Å². The lowest BCUT2D eigenvalue weighted by molar-refractivity contribution is 0.606. The average Bonchev–Trinajstić information content (AvgIpc) is 3.02. The van der Waals surface area contributed by atoms with E-state index in [1.807, 2.05) is 6.07 Å². The SMILES string of the molecule is CN(C)c1ccc(Nc2c(C3CC=CCC3)nc3ccccn23)cc1. The van der Waals surface area contributed by atoms with Crippen molar-refractivity contribution in [3.63, 3.8) is 0 Å². The maximum Gasteiger partial charge on any atom is 0.138 e.